The molecule has 7 heteroatoms. The summed E-state index contributed by atoms with van der Waals surface area (Å²) < 4.78 is 64.2. The SMILES string of the molecule is Fc1ccc(-n2cccc2)c(F)[c]1[Ti]([c]1c(F)ccc(-n2cccc2)c1F)[CH]1C=CC=C1. The van der Waals surface area contributed by atoms with E-state index in [2.05, 4.69) is 0 Å². The predicted molar refractivity (Wildman–Crippen MR) is 113 cm³/mol. The van der Waals surface area contributed by atoms with Gasteiger partial charge in [-0.2, -0.15) is 0 Å². The Hall–Kier alpha value is -3.09. The maximum atomic E-state index is 15.8. The molecule has 0 bridgehead atoms. The Balaban J connectivity index is 1.77. The zero-order valence-electron chi connectivity index (χ0n) is 16.7. The van der Waals surface area contributed by atoms with Gasteiger partial charge < -0.3 is 0 Å². The van der Waals surface area contributed by atoms with E-state index < -0.39 is 45.4 Å². The Labute approximate surface area is 188 Å². The molecule has 0 saturated carbocycles. The van der Waals surface area contributed by atoms with Gasteiger partial charge in [0.05, 0.1) is 0 Å². The molecule has 2 nitrogen and oxygen atoms in total. The summed E-state index contributed by atoms with van der Waals surface area (Å²) >= 11 is -3.50. The van der Waals surface area contributed by atoms with E-state index in [-0.39, 0.29) is 19.1 Å². The number of rotatable bonds is 5. The molecule has 0 atom stereocenters. The van der Waals surface area contributed by atoms with Gasteiger partial charge in [-0.15, -0.1) is 0 Å². The third kappa shape index (κ3) is 3.49. The molecule has 5 rings (SSSR count). The molecule has 159 valence electrons. The average Bonchev–Trinajstić information content (AvgIpc) is 3.56. The van der Waals surface area contributed by atoms with Gasteiger partial charge in [0.25, 0.3) is 0 Å². The molecule has 0 unspecified atom stereocenters. The topological polar surface area (TPSA) is 9.86 Å². The summed E-state index contributed by atoms with van der Waals surface area (Å²) in [5, 5.41) is 0. The van der Waals surface area contributed by atoms with E-state index in [4.69, 9.17) is 0 Å². The number of halogens is 4. The van der Waals surface area contributed by atoms with Gasteiger partial charge >= 0.3 is 189 Å². The van der Waals surface area contributed by atoms with E-state index in [1.54, 1.807) is 73.4 Å². The van der Waals surface area contributed by atoms with Crippen LogP contribution in [-0.2, 0) is 17.9 Å². The summed E-state index contributed by atoms with van der Waals surface area (Å²) in [5.74, 6) is -3.13. The molecule has 0 N–H and O–H groups in total. The summed E-state index contributed by atoms with van der Waals surface area (Å²) in [6, 6.07) is 11.9. The summed E-state index contributed by atoms with van der Waals surface area (Å²) in [4.78, 5) is 0. The molecule has 0 spiro atoms. The van der Waals surface area contributed by atoms with Gasteiger partial charge in [0.2, 0.25) is 0 Å². The molecule has 2 aromatic carbocycles. The Kier molecular flexibility index (Phi) is 5.49. The molecule has 32 heavy (non-hydrogen) atoms. The molecular weight excluding hydrogens is 452 g/mol. The van der Waals surface area contributed by atoms with E-state index in [1.165, 1.54) is 33.4 Å². The van der Waals surface area contributed by atoms with Gasteiger partial charge in [-0.05, 0) is 0 Å². The van der Waals surface area contributed by atoms with Crippen LogP contribution >= 0.6 is 0 Å². The first-order valence-corrected chi connectivity index (χ1v) is 12.5. The zero-order valence-corrected chi connectivity index (χ0v) is 18.3. The van der Waals surface area contributed by atoms with Crippen molar-refractivity contribution in [2.24, 2.45) is 0 Å². The van der Waals surface area contributed by atoms with Crippen LogP contribution in [-0.4, -0.2) is 9.13 Å². The van der Waals surface area contributed by atoms with E-state index >= 15 is 17.6 Å². The Morgan fingerprint density at radius 1 is 0.594 bits per heavy atom. The van der Waals surface area contributed by atoms with Gasteiger partial charge in [0.1, 0.15) is 0 Å². The molecule has 0 aliphatic heterocycles. The fourth-order valence-corrected chi connectivity index (χ4v) is 8.63. The number of hydrogen-bond acceptors (Lipinski definition) is 0. The van der Waals surface area contributed by atoms with Crippen molar-refractivity contribution in [3.63, 3.8) is 0 Å². The first-order valence-electron chi connectivity index (χ1n) is 10.0. The molecular formula is C25H17F4N2Ti. The Morgan fingerprint density at radius 3 is 1.41 bits per heavy atom. The normalized spacial score (nSPS) is 13.2. The monoisotopic (exact) mass is 469 g/mol. The zero-order chi connectivity index (χ0) is 22.2. The number of hydrogen-bond donors (Lipinski definition) is 0. The van der Waals surface area contributed by atoms with E-state index in [9.17, 15) is 0 Å². The second-order valence-electron chi connectivity index (χ2n) is 7.40. The van der Waals surface area contributed by atoms with Crippen LogP contribution in [0.25, 0.3) is 11.4 Å². The quantitative estimate of drug-likeness (QED) is 0.277. The van der Waals surface area contributed by atoms with Gasteiger partial charge in [0.15, 0.2) is 0 Å². The van der Waals surface area contributed by atoms with Crippen molar-refractivity contribution in [3.05, 3.63) is 121 Å². The van der Waals surface area contributed by atoms with Gasteiger partial charge in [-0.3, -0.25) is 0 Å². The van der Waals surface area contributed by atoms with Crippen LogP contribution in [0, 0.1) is 23.3 Å². The van der Waals surface area contributed by atoms with Crippen molar-refractivity contribution in [3.8, 4) is 11.4 Å². The molecule has 1 aliphatic rings. The molecule has 4 aromatic rings. The van der Waals surface area contributed by atoms with Crippen LogP contribution < -0.4 is 7.74 Å². The summed E-state index contributed by atoms with van der Waals surface area (Å²) in [7, 11) is 0. The van der Waals surface area contributed by atoms with Gasteiger partial charge in [-0.25, -0.2) is 0 Å². The van der Waals surface area contributed by atoms with Crippen molar-refractivity contribution < 1.29 is 35.4 Å². The average molecular weight is 469 g/mol. The summed E-state index contributed by atoms with van der Waals surface area (Å²) in [6.07, 6.45) is 13.6. The second-order valence-corrected chi connectivity index (χ2v) is 11.3. The van der Waals surface area contributed by atoms with Crippen LogP contribution in [0.5, 0.6) is 0 Å². The number of nitrogens with zero attached hydrogens (tertiary/aromatic N) is 2. The summed E-state index contributed by atoms with van der Waals surface area (Å²) in [6.45, 7) is 0. The standard InChI is InChI=1S/2C10H6F2N.C5H5.Ti/c2*11-8-3-4-10(9(12)7-8)13-5-1-2-6-13;1-2-4-5-3-1;/h2*1-6H;1-5H;. The van der Waals surface area contributed by atoms with Crippen molar-refractivity contribution in [2.45, 2.75) is 4.22 Å². The third-order valence-electron chi connectivity index (χ3n) is 5.53. The first-order chi connectivity index (χ1) is 15.6. The van der Waals surface area contributed by atoms with Gasteiger partial charge in [0, 0.05) is 0 Å². The molecule has 2 aromatic heterocycles. The Morgan fingerprint density at radius 2 is 1.00 bits per heavy atom. The number of aromatic nitrogens is 2. The fraction of sp³-hybridized carbons (Fsp3) is 0.0400. The first kappa shape index (κ1) is 20.8. The van der Waals surface area contributed by atoms with Crippen molar-refractivity contribution in [1.82, 2.24) is 9.13 Å². The molecule has 0 fully saturated rings. The number of benzene rings is 2. The van der Waals surface area contributed by atoms with Crippen LogP contribution in [0.3, 0.4) is 0 Å². The Bertz CT molecular complexity index is 1220. The molecule has 0 radical (unpaired) electrons. The number of allylic oxidation sites excluding steroid dienone is 4. The predicted octanol–water partition coefficient (Wildman–Crippen LogP) is 5.31. The fourth-order valence-electron chi connectivity index (χ4n) is 4.05. The van der Waals surface area contributed by atoms with E-state index in [0.717, 1.165) is 0 Å². The van der Waals surface area contributed by atoms with Crippen LogP contribution in [0.4, 0.5) is 17.6 Å². The molecule has 0 amide bonds. The van der Waals surface area contributed by atoms with Gasteiger partial charge in [-0.1, -0.05) is 0 Å². The third-order valence-corrected chi connectivity index (χ3v) is 10.3. The molecule has 0 saturated heterocycles. The molecule has 2 heterocycles. The molecule has 1 aliphatic carbocycles. The van der Waals surface area contributed by atoms with Crippen LogP contribution in [0.1, 0.15) is 0 Å². The van der Waals surface area contributed by atoms with Crippen LogP contribution in [0.2, 0.25) is 4.22 Å². The minimum atomic E-state index is -3.50. The van der Waals surface area contributed by atoms with E-state index in [0.29, 0.717) is 0 Å². The van der Waals surface area contributed by atoms with Crippen molar-refractivity contribution in [2.75, 3.05) is 0 Å². The second kappa shape index (κ2) is 8.45. The van der Waals surface area contributed by atoms with Crippen molar-refractivity contribution >= 4 is 7.74 Å². The minimum absolute atomic E-state index is 0.143. The van der Waals surface area contributed by atoms with Crippen LogP contribution in [0.15, 0.2) is 97.6 Å². The van der Waals surface area contributed by atoms with Crippen molar-refractivity contribution in [1.29, 1.82) is 0 Å². The summed E-state index contributed by atoms with van der Waals surface area (Å²) in [5.41, 5.74) is 0.287. The van der Waals surface area contributed by atoms with E-state index in [1.807, 2.05) is 0 Å². The maximum absolute atomic E-state index is 15.8.